The molecule has 0 N–H and O–H groups in total. The first-order chi connectivity index (χ1) is 15.0. The van der Waals surface area contributed by atoms with Gasteiger partial charge in [-0.15, -0.1) is 12.4 Å². The van der Waals surface area contributed by atoms with E-state index in [2.05, 4.69) is 36.9 Å². The summed E-state index contributed by atoms with van der Waals surface area (Å²) in [5, 5.41) is 0. The van der Waals surface area contributed by atoms with Crippen molar-refractivity contribution >= 4 is 34.4 Å². The number of ether oxygens (including phenoxy) is 1. The summed E-state index contributed by atoms with van der Waals surface area (Å²) in [7, 11) is -3.28. The Bertz CT molecular complexity index is 841. The molecular formula is C23H38ClN3O3S2. The van der Waals surface area contributed by atoms with Gasteiger partial charge in [0.1, 0.15) is 5.75 Å². The zero-order chi connectivity index (χ0) is 21.8. The van der Waals surface area contributed by atoms with Gasteiger partial charge in [-0.05, 0) is 55.8 Å². The molecule has 6 nitrogen and oxygen atoms in total. The average molecular weight is 504 g/mol. The molecule has 0 spiro atoms. The van der Waals surface area contributed by atoms with Crippen LogP contribution in [0, 0.1) is 5.92 Å². The predicted octanol–water partition coefficient (Wildman–Crippen LogP) is 3.30. The molecule has 2 fully saturated rings. The number of hydrogen-bond donors (Lipinski definition) is 0. The second kappa shape index (κ2) is 11.8. The Morgan fingerprint density at radius 1 is 1.16 bits per heavy atom. The van der Waals surface area contributed by atoms with Crippen molar-refractivity contribution in [2.75, 3.05) is 57.4 Å². The summed E-state index contributed by atoms with van der Waals surface area (Å²) in [6, 6.07) is 7.11. The van der Waals surface area contributed by atoms with E-state index < -0.39 is 10.2 Å². The van der Waals surface area contributed by atoms with Crippen molar-refractivity contribution < 1.29 is 13.2 Å². The van der Waals surface area contributed by atoms with Gasteiger partial charge in [-0.3, -0.25) is 0 Å². The van der Waals surface area contributed by atoms with Crippen molar-refractivity contribution in [2.45, 2.75) is 45.6 Å². The van der Waals surface area contributed by atoms with Crippen LogP contribution < -0.4 is 4.74 Å². The summed E-state index contributed by atoms with van der Waals surface area (Å²) in [5.41, 5.74) is 2.73. The standard InChI is InChI=1S/C23H37N3O3S2.ClH/c1-3-24(19(2)16-21-4-5-23-22(17-21)8-13-29-23)18-20-6-9-25(10-7-20)31(27,28)26-11-14-30-15-12-26;/h4-5,17,19-20H,3,6-16,18H2,1-2H3;1H/t19-;/m0./s1. The second-order valence-corrected chi connectivity index (χ2v) is 12.2. The lowest BCUT2D eigenvalue weighted by Gasteiger charge is -2.38. The van der Waals surface area contributed by atoms with Crippen molar-refractivity contribution in [1.82, 2.24) is 13.5 Å². The smallest absolute Gasteiger partial charge is 0.282 e. The molecule has 9 heteroatoms. The Hall–Kier alpha value is -0.510. The van der Waals surface area contributed by atoms with E-state index >= 15 is 0 Å². The molecule has 1 aromatic rings. The molecule has 1 aromatic carbocycles. The van der Waals surface area contributed by atoms with E-state index in [4.69, 9.17) is 4.74 Å². The van der Waals surface area contributed by atoms with Crippen LogP contribution in [-0.4, -0.2) is 85.4 Å². The Morgan fingerprint density at radius 2 is 1.84 bits per heavy atom. The molecule has 3 aliphatic rings. The highest BCUT2D eigenvalue weighted by atomic mass is 35.5. The van der Waals surface area contributed by atoms with Gasteiger partial charge in [0.2, 0.25) is 0 Å². The monoisotopic (exact) mass is 503 g/mol. The normalized spacial score (nSPS) is 21.7. The number of piperidine rings is 1. The fourth-order valence-electron chi connectivity index (χ4n) is 5.05. The van der Waals surface area contributed by atoms with Gasteiger partial charge >= 0.3 is 0 Å². The van der Waals surface area contributed by atoms with Gasteiger partial charge in [-0.2, -0.15) is 28.8 Å². The Kier molecular flexibility index (Phi) is 9.59. The summed E-state index contributed by atoms with van der Waals surface area (Å²) >= 11 is 1.84. The molecule has 32 heavy (non-hydrogen) atoms. The molecule has 0 aromatic heterocycles. The quantitative estimate of drug-likeness (QED) is 0.544. The van der Waals surface area contributed by atoms with Crippen molar-refractivity contribution in [3.05, 3.63) is 29.3 Å². The molecule has 3 aliphatic heterocycles. The van der Waals surface area contributed by atoms with Crippen LogP contribution in [0.1, 0.15) is 37.8 Å². The molecule has 0 unspecified atom stereocenters. The molecule has 0 aliphatic carbocycles. The molecular weight excluding hydrogens is 466 g/mol. The van der Waals surface area contributed by atoms with E-state index in [0.717, 1.165) is 62.6 Å². The maximum absolute atomic E-state index is 12.9. The maximum atomic E-state index is 12.9. The first-order valence-electron chi connectivity index (χ1n) is 11.8. The first-order valence-corrected chi connectivity index (χ1v) is 14.3. The number of halogens is 1. The number of rotatable bonds is 8. The van der Waals surface area contributed by atoms with E-state index in [1.807, 2.05) is 11.8 Å². The zero-order valence-corrected chi connectivity index (χ0v) is 21.8. The third kappa shape index (κ3) is 6.13. The molecule has 0 radical (unpaired) electrons. The fraction of sp³-hybridized carbons (Fsp3) is 0.739. The minimum absolute atomic E-state index is 0. The van der Waals surface area contributed by atoms with Gasteiger partial charge in [-0.25, -0.2) is 0 Å². The molecule has 0 amide bonds. The Labute approximate surface area is 204 Å². The Balaban J connectivity index is 0.00000289. The van der Waals surface area contributed by atoms with Crippen molar-refractivity contribution in [3.8, 4) is 5.75 Å². The van der Waals surface area contributed by atoms with Gasteiger partial charge in [-0.1, -0.05) is 19.1 Å². The SMILES string of the molecule is CCN(CC1CCN(S(=O)(=O)N2CCSCC2)CC1)[C@@H](C)Cc1ccc2c(c1)CCO2.Cl. The molecule has 4 rings (SSSR count). The average Bonchev–Trinajstić information content (AvgIpc) is 3.26. The predicted molar refractivity (Wildman–Crippen MR) is 135 cm³/mol. The first kappa shape index (κ1) is 26.1. The molecule has 2 saturated heterocycles. The highest BCUT2D eigenvalue weighted by Crippen LogP contribution is 2.28. The summed E-state index contributed by atoms with van der Waals surface area (Å²) in [4.78, 5) is 2.57. The van der Waals surface area contributed by atoms with E-state index in [1.54, 1.807) is 8.61 Å². The summed E-state index contributed by atoms with van der Waals surface area (Å²) in [5.74, 6) is 3.44. The number of thioether (sulfide) groups is 1. The Morgan fingerprint density at radius 3 is 2.53 bits per heavy atom. The molecule has 1 atom stereocenters. The highest BCUT2D eigenvalue weighted by molar-refractivity contribution is 7.99. The van der Waals surface area contributed by atoms with E-state index in [9.17, 15) is 8.42 Å². The zero-order valence-electron chi connectivity index (χ0n) is 19.4. The van der Waals surface area contributed by atoms with Crippen LogP contribution >= 0.6 is 24.2 Å². The minimum atomic E-state index is -3.28. The van der Waals surface area contributed by atoms with Crippen molar-refractivity contribution in [3.63, 3.8) is 0 Å². The summed E-state index contributed by atoms with van der Waals surface area (Å²) in [6.07, 6.45) is 3.98. The molecule has 182 valence electrons. The minimum Gasteiger partial charge on any atom is -0.493 e. The lowest BCUT2D eigenvalue weighted by atomic mass is 9.96. The number of fused-ring (bicyclic) bond motifs is 1. The van der Waals surface area contributed by atoms with Crippen molar-refractivity contribution in [2.24, 2.45) is 5.92 Å². The van der Waals surface area contributed by atoms with Crippen LogP contribution in [0.25, 0.3) is 0 Å². The highest BCUT2D eigenvalue weighted by Gasteiger charge is 2.34. The van der Waals surface area contributed by atoms with Crippen LogP contribution in [0.2, 0.25) is 0 Å². The molecule has 0 bridgehead atoms. The summed E-state index contributed by atoms with van der Waals surface area (Å²) in [6.45, 7) is 10.1. The molecule has 0 saturated carbocycles. The summed E-state index contributed by atoms with van der Waals surface area (Å²) < 4.78 is 34.9. The third-order valence-electron chi connectivity index (χ3n) is 7.00. The van der Waals surface area contributed by atoms with Gasteiger partial charge < -0.3 is 9.64 Å². The number of nitrogens with zero attached hydrogens (tertiary/aromatic N) is 3. The lowest BCUT2D eigenvalue weighted by molar-refractivity contribution is 0.150. The van der Waals surface area contributed by atoms with Gasteiger partial charge in [0.05, 0.1) is 6.61 Å². The van der Waals surface area contributed by atoms with Crippen LogP contribution in [0.15, 0.2) is 18.2 Å². The number of hydrogen-bond acceptors (Lipinski definition) is 5. The van der Waals surface area contributed by atoms with Gasteiger partial charge in [0.25, 0.3) is 10.2 Å². The van der Waals surface area contributed by atoms with Gasteiger partial charge in [0.15, 0.2) is 0 Å². The largest absolute Gasteiger partial charge is 0.493 e. The van der Waals surface area contributed by atoms with E-state index in [-0.39, 0.29) is 12.4 Å². The van der Waals surface area contributed by atoms with E-state index in [0.29, 0.717) is 38.1 Å². The number of benzene rings is 1. The van der Waals surface area contributed by atoms with Gasteiger partial charge in [0, 0.05) is 56.7 Å². The lowest BCUT2D eigenvalue weighted by Crippen LogP contribution is -2.50. The van der Waals surface area contributed by atoms with Crippen LogP contribution in [0.4, 0.5) is 0 Å². The number of likely N-dealkylation sites (N-methyl/N-ethyl adjacent to an activating group) is 1. The fourth-order valence-corrected chi connectivity index (χ4v) is 7.83. The topological polar surface area (TPSA) is 53.1 Å². The van der Waals surface area contributed by atoms with Crippen molar-refractivity contribution in [1.29, 1.82) is 0 Å². The van der Waals surface area contributed by atoms with Crippen LogP contribution in [-0.2, 0) is 23.1 Å². The second-order valence-electron chi connectivity index (χ2n) is 9.04. The van der Waals surface area contributed by atoms with Crippen LogP contribution in [0.3, 0.4) is 0 Å². The van der Waals surface area contributed by atoms with E-state index in [1.165, 1.54) is 11.1 Å². The van der Waals surface area contributed by atoms with Crippen LogP contribution in [0.5, 0.6) is 5.75 Å². The molecule has 3 heterocycles. The third-order valence-corrected chi connectivity index (χ3v) is 9.98. The maximum Gasteiger partial charge on any atom is 0.282 e.